The quantitative estimate of drug-likeness (QED) is 0.553. The lowest BCUT2D eigenvalue weighted by Gasteiger charge is -2.32. The maximum Gasteiger partial charge on any atom is 0.496 e. The van der Waals surface area contributed by atoms with Gasteiger partial charge in [0.15, 0.2) is 5.82 Å². The SMILES string of the molecule is CC1(C)OB(c2cnc(F)c(F)c2)OC1(C)C. The Morgan fingerprint density at radius 2 is 1.65 bits per heavy atom. The number of pyridine rings is 1. The maximum absolute atomic E-state index is 13.1. The van der Waals surface area contributed by atoms with Gasteiger partial charge in [0.05, 0.1) is 11.2 Å². The van der Waals surface area contributed by atoms with Crippen LogP contribution >= 0.6 is 0 Å². The van der Waals surface area contributed by atoms with Crippen molar-refractivity contribution in [2.45, 2.75) is 38.9 Å². The molecular formula is C11H14BF2NO2. The van der Waals surface area contributed by atoms with Gasteiger partial charge < -0.3 is 9.31 Å². The van der Waals surface area contributed by atoms with E-state index in [0.29, 0.717) is 5.46 Å². The van der Waals surface area contributed by atoms with Crippen LogP contribution in [0.5, 0.6) is 0 Å². The molecule has 2 rings (SSSR count). The highest BCUT2D eigenvalue weighted by atomic mass is 19.2. The molecule has 0 aliphatic carbocycles. The molecule has 0 radical (unpaired) electrons. The summed E-state index contributed by atoms with van der Waals surface area (Å²) in [7, 11) is -0.720. The van der Waals surface area contributed by atoms with Crippen LogP contribution < -0.4 is 5.46 Å². The van der Waals surface area contributed by atoms with Crippen LogP contribution in [0.2, 0.25) is 0 Å². The molecule has 0 atom stereocenters. The molecule has 0 bridgehead atoms. The molecule has 0 aromatic carbocycles. The molecule has 92 valence electrons. The molecule has 1 aromatic rings. The Labute approximate surface area is 99.3 Å². The van der Waals surface area contributed by atoms with Crippen molar-refractivity contribution in [3.05, 3.63) is 24.0 Å². The summed E-state index contributed by atoms with van der Waals surface area (Å²) in [6.07, 6.45) is 1.22. The first-order valence-corrected chi connectivity index (χ1v) is 5.39. The molecule has 1 saturated heterocycles. The van der Waals surface area contributed by atoms with E-state index in [1.165, 1.54) is 6.20 Å². The number of aromatic nitrogens is 1. The number of nitrogens with zero attached hydrogens (tertiary/aromatic N) is 1. The smallest absolute Gasteiger partial charge is 0.399 e. The lowest BCUT2D eigenvalue weighted by molar-refractivity contribution is 0.00578. The van der Waals surface area contributed by atoms with Crippen LogP contribution in [0, 0.1) is 11.8 Å². The molecule has 1 aliphatic heterocycles. The summed E-state index contributed by atoms with van der Waals surface area (Å²) in [5, 5.41) is 0. The zero-order chi connectivity index (χ0) is 12.8. The Bertz CT molecular complexity index is 435. The fourth-order valence-corrected chi connectivity index (χ4v) is 1.54. The van der Waals surface area contributed by atoms with E-state index in [0.717, 1.165) is 6.07 Å². The first-order chi connectivity index (χ1) is 7.73. The number of hydrogen-bond donors (Lipinski definition) is 0. The van der Waals surface area contributed by atoms with Crippen LogP contribution in [0.3, 0.4) is 0 Å². The summed E-state index contributed by atoms with van der Waals surface area (Å²) in [5.74, 6) is -2.12. The third-order valence-electron chi connectivity index (χ3n) is 3.34. The second-order valence-electron chi connectivity index (χ2n) is 5.13. The predicted molar refractivity (Wildman–Crippen MR) is 59.9 cm³/mol. The van der Waals surface area contributed by atoms with E-state index in [1.54, 1.807) is 0 Å². The van der Waals surface area contributed by atoms with Crippen LogP contribution in [-0.2, 0) is 9.31 Å². The molecule has 0 N–H and O–H groups in total. The van der Waals surface area contributed by atoms with Crippen molar-refractivity contribution < 1.29 is 18.1 Å². The molecule has 0 unspecified atom stereocenters. The van der Waals surface area contributed by atoms with Crippen molar-refractivity contribution in [2.24, 2.45) is 0 Å². The highest BCUT2D eigenvalue weighted by Crippen LogP contribution is 2.36. The largest absolute Gasteiger partial charge is 0.496 e. The first-order valence-electron chi connectivity index (χ1n) is 5.39. The molecule has 0 spiro atoms. The number of hydrogen-bond acceptors (Lipinski definition) is 3. The molecule has 1 aliphatic rings. The Kier molecular flexibility index (Phi) is 2.74. The van der Waals surface area contributed by atoms with Gasteiger partial charge in [-0.15, -0.1) is 0 Å². The van der Waals surface area contributed by atoms with Gasteiger partial charge in [0.1, 0.15) is 0 Å². The summed E-state index contributed by atoms with van der Waals surface area (Å²) in [6.45, 7) is 7.56. The van der Waals surface area contributed by atoms with Gasteiger partial charge in [-0.2, -0.15) is 4.39 Å². The van der Waals surface area contributed by atoms with Crippen molar-refractivity contribution in [1.29, 1.82) is 0 Å². The van der Waals surface area contributed by atoms with Gasteiger partial charge in [0, 0.05) is 11.7 Å². The maximum atomic E-state index is 13.1. The molecule has 17 heavy (non-hydrogen) atoms. The summed E-state index contributed by atoms with van der Waals surface area (Å²) in [4.78, 5) is 3.32. The standard InChI is InChI=1S/C11H14BF2NO2/c1-10(2)11(3,4)17-12(16-10)7-5-8(13)9(14)15-6-7/h5-6H,1-4H3. The molecule has 2 heterocycles. The Balaban J connectivity index is 2.29. The minimum Gasteiger partial charge on any atom is -0.399 e. The van der Waals surface area contributed by atoms with Gasteiger partial charge in [0.25, 0.3) is 0 Å². The zero-order valence-corrected chi connectivity index (χ0v) is 10.3. The van der Waals surface area contributed by atoms with Gasteiger partial charge in [-0.1, -0.05) is 0 Å². The van der Waals surface area contributed by atoms with Gasteiger partial charge in [0.2, 0.25) is 5.95 Å². The fraction of sp³-hybridized carbons (Fsp3) is 0.545. The van der Waals surface area contributed by atoms with Gasteiger partial charge >= 0.3 is 7.12 Å². The Hall–Kier alpha value is -1.01. The normalized spacial score (nSPS) is 21.9. The Morgan fingerprint density at radius 3 is 2.12 bits per heavy atom. The van der Waals surface area contributed by atoms with E-state index >= 15 is 0 Å². The summed E-state index contributed by atoms with van der Waals surface area (Å²) in [5.41, 5.74) is -0.645. The van der Waals surface area contributed by atoms with E-state index in [4.69, 9.17) is 9.31 Å². The third-order valence-corrected chi connectivity index (χ3v) is 3.34. The highest BCUT2D eigenvalue weighted by molar-refractivity contribution is 6.62. The molecular weight excluding hydrogens is 227 g/mol. The molecule has 0 amide bonds. The van der Waals surface area contributed by atoms with Crippen molar-refractivity contribution in [3.63, 3.8) is 0 Å². The second kappa shape index (κ2) is 3.75. The number of rotatable bonds is 1. The predicted octanol–water partition coefficient (Wildman–Crippen LogP) is 1.66. The van der Waals surface area contributed by atoms with Crippen LogP contribution in [-0.4, -0.2) is 23.3 Å². The van der Waals surface area contributed by atoms with Gasteiger partial charge in [-0.05, 0) is 33.8 Å². The molecule has 1 fully saturated rings. The lowest BCUT2D eigenvalue weighted by atomic mass is 9.80. The fourth-order valence-electron chi connectivity index (χ4n) is 1.54. The van der Waals surface area contributed by atoms with Crippen molar-refractivity contribution in [1.82, 2.24) is 4.98 Å². The summed E-state index contributed by atoms with van der Waals surface area (Å²) >= 11 is 0. The summed E-state index contributed by atoms with van der Waals surface area (Å²) < 4.78 is 37.2. The zero-order valence-electron chi connectivity index (χ0n) is 10.3. The van der Waals surface area contributed by atoms with Crippen LogP contribution in [0.15, 0.2) is 12.3 Å². The molecule has 6 heteroatoms. The third kappa shape index (κ3) is 2.07. The monoisotopic (exact) mass is 241 g/mol. The molecule has 1 aromatic heterocycles. The highest BCUT2D eigenvalue weighted by Gasteiger charge is 2.51. The topological polar surface area (TPSA) is 31.4 Å². The van der Waals surface area contributed by atoms with Crippen LogP contribution in [0.25, 0.3) is 0 Å². The van der Waals surface area contributed by atoms with Crippen molar-refractivity contribution >= 4 is 12.6 Å². The second-order valence-corrected chi connectivity index (χ2v) is 5.13. The minimum atomic E-state index is -1.12. The average molecular weight is 241 g/mol. The van der Waals surface area contributed by atoms with Gasteiger partial charge in [-0.25, -0.2) is 9.37 Å². The Morgan fingerprint density at radius 1 is 1.12 bits per heavy atom. The number of halogens is 2. The summed E-state index contributed by atoms with van der Waals surface area (Å²) in [6, 6.07) is 1.05. The molecule has 0 saturated carbocycles. The van der Waals surface area contributed by atoms with E-state index in [1.807, 2.05) is 27.7 Å². The van der Waals surface area contributed by atoms with Crippen molar-refractivity contribution in [3.8, 4) is 0 Å². The van der Waals surface area contributed by atoms with E-state index < -0.39 is 30.1 Å². The molecule has 3 nitrogen and oxygen atoms in total. The van der Waals surface area contributed by atoms with E-state index in [9.17, 15) is 8.78 Å². The van der Waals surface area contributed by atoms with Crippen LogP contribution in [0.4, 0.5) is 8.78 Å². The van der Waals surface area contributed by atoms with E-state index in [-0.39, 0.29) is 0 Å². The lowest BCUT2D eigenvalue weighted by Crippen LogP contribution is -2.41. The van der Waals surface area contributed by atoms with Crippen molar-refractivity contribution in [2.75, 3.05) is 0 Å². The van der Waals surface area contributed by atoms with Gasteiger partial charge in [-0.3, -0.25) is 0 Å². The van der Waals surface area contributed by atoms with E-state index in [2.05, 4.69) is 4.98 Å². The van der Waals surface area contributed by atoms with Crippen LogP contribution in [0.1, 0.15) is 27.7 Å². The first kappa shape index (κ1) is 12.5. The average Bonchev–Trinajstić information content (AvgIpc) is 2.41. The minimum absolute atomic E-state index is 0.377.